The fraction of sp³-hybridized carbons (Fsp3) is 0.500. The first kappa shape index (κ1) is 10.0. The molecule has 0 aliphatic carbocycles. The van der Waals surface area contributed by atoms with E-state index in [4.69, 9.17) is 0 Å². The van der Waals surface area contributed by atoms with Crippen LogP contribution in [0.25, 0.3) is 0 Å². The summed E-state index contributed by atoms with van der Waals surface area (Å²) < 4.78 is 1.18. The lowest BCUT2D eigenvalue weighted by molar-refractivity contribution is 0.393. The molecule has 76 valence electrons. The Morgan fingerprint density at radius 2 is 2.21 bits per heavy atom. The summed E-state index contributed by atoms with van der Waals surface area (Å²) in [4.78, 5) is 0. The van der Waals surface area contributed by atoms with Crippen LogP contribution in [0, 0.1) is 11.8 Å². The van der Waals surface area contributed by atoms with E-state index in [2.05, 4.69) is 53.3 Å². The molecule has 1 heterocycles. The van der Waals surface area contributed by atoms with Crippen molar-refractivity contribution in [1.29, 1.82) is 0 Å². The summed E-state index contributed by atoms with van der Waals surface area (Å²) in [6, 6.07) is 6.49. The van der Waals surface area contributed by atoms with Crippen molar-refractivity contribution in [2.24, 2.45) is 11.8 Å². The van der Waals surface area contributed by atoms with Gasteiger partial charge >= 0.3 is 0 Å². The van der Waals surface area contributed by atoms with Crippen molar-refractivity contribution in [1.82, 2.24) is 0 Å². The number of nitrogens with one attached hydrogen (secondary N) is 1. The molecule has 2 rings (SSSR count). The van der Waals surface area contributed by atoms with Gasteiger partial charge in [-0.2, -0.15) is 0 Å². The van der Waals surface area contributed by atoms with Crippen LogP contribution in [0.15, 0.2) is 22.7 Å². The molecule has 1 aromatic rings. The summed E-state index contributed by atoms with van der Waals surface area (Å²) in [5.74, 6) is 1.53. The molecule has 1 unspecified atom stereocenters. The number of fused-ring (bicyclic) bond motifs is 1. The predicted molar refractivity (Wildman–Crippen MR) is 64.7 cm³/mol. The van der Waals surface area contributed by atoms with Gasteiger partial charge in [-0.1, -0.05) is 29.8 Å². The van der Waals surface area contributed by atoms with Crippen LogP contribution < -0.4 is 5.32 Å². The van der Waals surface area contributed by atoms with Crippen LogP contribution >= 0.6 is 15.9 Å². The van der Waals surface area contributed by atoms with Gasteiger partial charge in [0.2, 0.25) is 0 Å². The van der Waals surface area contributed by atoms with Crippen molar-refractivity contribution in [3.8, 4) is 0 Å². The maximum absolute atomic E-state index is 3.52. The Morgan fingerprint density at radius 3 is 2.93 bits per heavy atom. The second-order valence-electron chi connectivity index (χ2n) is 4.39. The van der Waals surface area contributed by atoms with E-state index in [0.717, 1.165) is 18.4 Å². The molecule has 0 aromatic heterocycles. The third kappa shape index (κ3) is 1.95. The molecule has 1 aromatic carbocycles. The van der Waals surface area contributed by atoms with E-state index in [1.165, 1.54) is 22.1 Å². The third-order valence-corrected chi connectivity index (χ3v) is 3.54. The van der Waals surface area contributed by atoms with E-state index in [0.29, 0.717) is 0 Å². The first-order chi connectivity index (χ1) is 6.66. The summed E-state index contributed by atoms with van der Waals surface area (Å²) >= 11 is 3.52. The molecule has 0 bridgehead atoms. The predicted octanol–water partition coefficient (Wildman–Crippen LogP) is 3.69. The fourth-order valence-electron chi connectivity index (χ4n) is 1.97. The molecular formula is C12H16BrN. The minimum absolute atomic E-state index is 0.759. The molecule has 0 radical (unpaired) electrons. The van der Waals surface area contributed by atoms with Gasteiger partial charge in [0.15, 0.2) is 0 Å². The summed E-state index contributed by atoms with van der Waals surface area (Å²) in [6.07, 6.45) is 1.21. The first-order valence-corrected chi connectivity index (χ1v) is 5.98. The van der Waals surface area contributed by atoms with Crippen LogP contribution in [0.3, 0.4) is 0 Å². The Bertz CT molecular complexity index is 333. The van der Waals surface area contributed by atoms with Crippen molar-refractivity contribution >= 4 is 21.6 Å². The maximum atomic E-state index is 3.52. The van der Waals surface area contributed by atoms with Crippen molar-refractivity contribution in [3.63, 3.8) is 0 Å². The Kier molecular flexibility index (Phi) is 2.82. The number of benzene rings is 1. The number of hydrogen-bond donors (Lipinski definition) is 1. The molecule has 14 heavy (non-hydrogen) atoms. The summed E-state index contributed by atoms with van der Waals surface area (Å²) in [6.45, 7) is 5.72. The Morgan fingerprint density at radius 1 is 1.43 bits per heavy atom. The second kappa shape index (κ2) is 3.93. The molecule has 1 N–H and O–H groups in total. The van der Waals surface area contributed by atoms with Crippen LogP contribution in [-0.4, -0.2) is 6.54 Å². The quantitative estimate of drug-likeness (QED) is 0.805. The van der Waals surface area contributed by atoms with E-state index < -0.39 is 0 Å². The van der Waals surface area contributed by atoms with Gasteiger partial charge in [-0.05, 0) is 42.0 Å². The standard InChI is InChI=1S/C12H16BrN/c1-8(2)10-5-9-6-11(13)3-4-12(9)14-7-10/h3-4,6,8,10,14H,5,7H2,1-2H3. The SMILES string of the molecule is CC(C)C1CNc2ccc(Br)cc2C1. The number of halogens is 1. The Labute approximate surface area is 94.0 Å². The smallest absolute Gasteiger partial charge is 0.0373 e. The number of hydrogen-bond acceptors (Lipinski definition) is 1. The molecule has 0 fully saturated rings. The van der Waals surface area contributed by atoms with E-state index in [1.54, 1.807) is 0 Å². The summed E-state index contributed by atoms with van der Waals surface area (Å²) in [7, 11) is 0. The van der Waals surface area contributed by atoms with Crippen molar-refractivity contribution in [2.45, 2.75) is 20.3 Å². The van der Waals surface area contributed by atoms with Crippen LogP contribution in [0.2, 0.25) is 0 Å². The molecule has 0 saturated heterocycles. The lowest BCUT2D eigenvalue weighted by atomic mass is 9.86. The van der Waals surface area contributed by atoms with Gasteiger partial charge in [-0.3, -0.25) is 0 Å². The van der Waals surface area contributed by atoms with Crippen molar-refractivity contribution in [2.75, 3.05) is 11.9 Å². The molecule has 1 aliphatic rings. The molecule has 1 atom stereocenters. The van der Waals surface area contributed by atoms with Crippen LogP contribution in [0.4, 0.5) is 5.69 Å². The molecule has 0 saturated carbocycles. The Hall–Kier alpha value is -0.500. The molecule has 0 spiro atoms. The molecular weight excluding hydrogens is 238 g/mol. The first-order valence-electron chi connectivity index (χ1n) is 5.19. The number of anilines is 1. The highest BCUT2D eigenvalue weighted by atomic mass is 79.9. The summed E-state index contributed by atoms with van der Waals surface area (Å²) in [5, 5.41) is 3.50. The zero-order valence-electron chi connectivity index (χ0n) is 8.68. The van der Waals surface area contributed by atoms with Gasteiger partial charge in [0.05, 0.1) is 0 Å². The number of rotatable bonds is 1. The highest BCUT2D eigenvalue weighted by Gasteiger charge is 2.20. The van der Waals surface area contributed by atoms with Gasteiger partial charge in [0, 0.05) is 16.7 Å². The lowest BCUT2D eigenvalue weighted by Gasteiger charge is -2.28. The van der Waals surface area contributed by atoms with E-state index in [9.17, 15) is 0 Å². The minimum Gasteiger partial charge on any atom is -0.385 e. The summed E-state index contributed by atoms with van der Waals surface area (Å²) in [5.41, 5.74) is 2.76. The lowest BCUT2D eigenvalue weighted by Crippen LogP contribution is -2.26. The van der Waals surface area contributed by atoms with Crippen LogP contribution in [0.1, 0.15) is 19.4 Å². The normalized spacial score (nSPS) is 20.4. The average molecular weight is 254 g/mol. The molecule has 1 aliphatic heterocycles. The molecule has 2 heteroatoms. The second-order valence-corrected chi connectivity index (χ2v) is 5.31. The zero-order valence-corrected chi connectivity index (χ0v) is 10.3. The highest BCUT2D eigenvalue weighted by Crippen LogP contribution is 2.30. The molecule has 0 amide bonds. The van der Waals surface area contributed by atoms with Crippen LogP contribution in [-0.2, 0) is 6.42 Å². The third-order valence-electron chi connectivity index (χ3n) is 3.05. The van der Waals surface area contributed by atoms with Gasteiger partial charge in [0.1, 0.15) is 0 Å². The topological polar surface area (TPSA) is 12.0 Å². The largest absolute Gasteiger partial charge is 0.385 e. The van der Waals surface area contributed by atoms with Gasteiger partial charge in [0.25, 0.3) is 0 Å². The Balaban J connectivity index is 2.24. The average Bonchev–Trinajstić information content (AvgIpc) is 2.16. The van der Waals surface area contributed by atoms with Crippen molar-refractivity contribution in [3.05, 3.63) is 28.2 Å². The van der Waals surface area contributed by atoms with Crippen LogP contribution in [0.5, 0.6) is 0 Å². The monoisotopic (exact) mass is 253 g/mol. The van der Waals surface area contributed by atoms with E-state index in [-0.39, 0.29) is 0 Å². The minimum atomic E-state index is 0.759. The van der Waals surface area contributed by atoms with Gasteiger partial charge in [-0.15, -0.1) is 0 Å². The maximum Gasteiger partial charge on any atom is 0.0373 e. The van der Waals surface area contributed by atoms with E-state index in [1.807, 2.05) is 0 Å². The highest BCUT2D eigenvalue weighted by molar-refractivity contribution is 9.10. The zero-order chi connectivity index (χ0) is 10.1. The fourth-order valence-corrected chi connectivity index (χ4v) is 2.38. The van der Waals surface area contributed by atoms with Gasteiger partial charge < -0.3 is 5.32 Å². The molecule has 1 nitrogen and oxygen atoms in total. The van der Waals surface area contributed by atoms with E-state index >= 15 is 0 Å². The van der Waals surface area contributed by atoms with Crippen molar-refractivity contribution < 1.29 is 0 Å². The van der Waals surface area contributed by atoms with Gasteiger partial charge in [-0.25, -0.2) is 0 Å².